The van der Waals surface area contributed by atoms with Crippen LogP contribution < -0.4 is 0 Å². The normalized spacial score (nSPS) is 14.7. The molecule has 376 valence electrons. The zero-order valence-corrected chi connectivity index (χ0v) is 44.5. The van der Waals surface area contributed by atoms with Gasteiger partial charge >= 0.3 is 0 Å². The van der Waals surface area contributed by atoms with Crippen molar-refractivity contribution >= 4 is 88.2 Å². The third-order valence-corrected chi connectivity index (χ3v) is 18.5. The van der Waals surface area contributed by atoms with Crippen molar-refractivity contribution in [1.29, 1.82) is 10.5 Å². The lowest BCUT2D eigenvalue weighted by atomic mass is 9.82. The molecule has 0 bridgehead atoms. The minimum atomic E-state index is -0.269. The Morgan fingerprint density at radius 1 is 0.388 bits per heavy atom. The van der Waals surface area contributed by atoms with Gasteiger partial charge in [-0.2, -0.15) is 10.5 Å². The second-order valence-corrected chi connectivity index (χ2v) is 23.3. The fourth-order valence-electron chi connectivity index (χ4n) is 14.6. The lowest BCUT2D eigenvalue weighted by Crippen LogP contribution is -2.15. The van der Waals surface area contributed by atoms with Crippen LogP contribution in [0.2, 0.25) is 0 Å². The van der Waals surface area contributed by atoms with Gasteiger partial charge in [0.1, 0.15) is 34.5 Å². The lowest BCUT2D eigenvalue weighted by Gasteiger charge is -2.22. The predicted octanol–water partition coefficient (Wildman–Crippen LogP) is 19.0. The van der Waals surface area contributed by atoms with Crippen molar-refractivity contribution in [3.05, 3.63) is 238 Å². The van der Waals surface area contributed by atoms with Crippen molar-refractivity contribution in [1.82, 2.24) is 9.13 Å². The topological polar surface area (TPSA) is 83.7 Å². The van der Waals surface area contributed by atoms with E-state index in [1.165, 1.54) is 55.6 Å². The molecule has 3 aliphatic carbocycles. The maximum Gasteiger partial charge on any atom is 0.135 e. The summed E-state index contributed by atoms with van der Waals surface area (Å²) >= 11 is 0. The van der Waals surface area contributed by atoms with Crippen molar-refractivity contribution in [3.63, 3.8) is 0 Å². The van der Waals surface area contributed by atoms with E-state index in [0.29, 0.717) is 22.5 Å². The minimum absolute atomic E-state index is 0.258. The number of para-hydroxylation sites is 2. The Morgan fingerprint density at radius 3 is 1.48 bits per heavy atom. The first kappa shape index (κ1) is 44.9. The summed E-state index contributed by atoms with van der Waals surface area (Å²) in [6.45, 7) is 9.25. The number of hydrogen-bond acceptors (Lipinski definition) is 4. The fourth-order valence-corrected chi connectivity index (χ4v) is 14.6. The first-order valence-electron chi connectivity index (χ1n) is 27.6. The fraction of sp³-hybridized carbons (Fsp3) is 0.108. The van der Waals surface area contributed by atoms with Gasteiger partial charge in [0, 0.05) is 59.8 Å². The summed E-state index contributed by atoms with van der Waals surface area (Å²) in [6.07, 6.45) is 3.91. The summed E-state index contributed by atoms with van der Waals surface area (Å²) in [7, 11) is 0. The van der Waals surface area contributed by atoms with E-state index < -0.39 is 0 Å². The highest BCUT2D eigenvalue weighted by molar-refractivity contribution is 6.14. The first-order chi connectivity index (χ1) is 39.0. The van der Waals surface area contributed by atoms with Crippen LogP contribution in [0, 0.1) is 22.7 Å². The van der Waals surface area contributed by atoms with Crippen molar-refractivity contribution < 1.29 is 8.83 Å². The lowest BCUT2D eigenvalue weighted by molar-refractivity contribution is 0.660. The van der Waals surface area contributed by atoms with Gasteiger partial charge in [-0.3, -0.25) is 0 Å². The molecule has 0 atom stereocenters. The molecule has 3 aliphatic rings. The van der Waals surface area contributed by atoms with E-state index in [1.807, 2.05) is 36.4 Å². The molecule has 80 heavy (non-hydrogen) atoms. The van der Waals surface area contributed by atoms with Crippen LogP contribution in [0.25, 0.3) is 133 Å². The second-order valence-electron chi connectivity index (χ2n) is 23.3. The summed E-state index contributed by atoms with van der Waals surface area (Å²) in [5, 5.41) is 30.8. The first-order valence-corrected chi connectivity index (χ1v) is 27.6. The maximum absolute atomic E-state index is 11.6. The van der Waals surface area contributed by atoms with Crippen LogP contribution in [0.1, 0.15) is 84.3 Å². The molecule has 0 unspecified atom stereocenters. The highest BCUT2D eigenvalue weighted by Crippen LogP contribution is 2.54. The Morgan fingerprint density at radius 2 is 0.863 bits per heavy atom. The standard InChI is InChI=1S/C74H48N4O2/c1-73(2)59-17-9-5-13-47(59)51-35-55-53-29-41(43-23-27-71-57(31-43)49-15-7-11-19-69(49)79-71)21-25-63(53)77(67(55)37-61(51)73)65-33-46(40-76)66(34-45(65)39-75)78-64-26-22-42(44-24-28-72-58(32-44)50-16-8-12-20-70(50)80-72)30-54(64)56-36-52-48-14-6-10-18-60(48)74(3,4)62(52)38-68(56)78/h5-21,23-25,27-38H,22,26H2,1-4H3. The molecule has 0 saturated carbocycles. The SMILES string of the molecule is CC1(C)c2ccccc2-c2cc3c4c(n(-c5cc(C#N)c(-n6c7ccc(-c8ccc9oc%10ccccc%10c9c8)cc7c7cc8c(cc76)C(C)(C)c6ccccc6-8)cc5C#N)c3cc21)CCC(c1ccc2oc3ccccc3c2c1)=C4. The van der Waals surface area contributed by atoms with E-state index in [2.05, 4.69) is 207 Å². The molecule has 0 spiro atoms. The van der Waals surface area contributed by atoms with Gasteiger partial charge in [-0.05, 0) is 171 Å². The Hall–Kier alpha value is -10.1. The summed E-state index contributed by atoms with van der Waals surface area (Å²) in [6, 6.07) is 72.6. The number of furan rings is 2. The molecular formula is C74H48N4O2. The predicted molar refractivity (Wildman–Crippen MR) is 325 cm³/mol. The molecule has 0 radical (unpaired) electrons. The zero-order valence-electron chi connectivity index (χ0n) is 44.5. The van der Waals surface area contributed by atoms with E-state index in [1.54, 1.807) is 0 Å². The monoisotopic (exact) mass is 1020 g/mol. The Labute approximate surface area is 460 Å². The molecule has 10 aromatic carbocycles. The third-order valence-electron chi connectivity index (χ3n) is 18.5. The van der Waals surface area contributed by atoms with E-state index in [4.69, 9.17) is 8.83 Å². The second kappa shape index (κ2) is 15.8. The number of nitrogens with zero attached hydrogens (tertiary/aromatic N) is 4. The van der Waals surface area contributed by atoms with E-state index >= 15 is 0 Å². The van der Waals surface area contributed by atoms with Crippen molar-refractivity contribution in [2.24, 2.45) is 0 Å². The Kier molecular flexibility index (Phi) is 8.85. The quantitative estimate of drug-likeness (QED) is 0.176. The number of rotatable bonds is 4. The van der Waals surface area contributed by atoms with Gasteiger partial charge in [0.25, 0.3) is 0 Å². The summed E-state index contributed by atoms with van der Waals surface area (Å²) in [4.78, 5) is 0. The van der Waals surface area contributed by atoms with Crippen molar-refractivity contribution in [2.45, 2.75) is 51.4 Å². The van der Waals surface area contributed by atoms with Gasteiger partial charge in [0.2, 0.25) is 0 Å². The van der Waals surface area contributed by atoms with Crippen molar-refractivity contribution in [2.75, 3.05) is 0 Å². The number of nitriles is 2. The average molecular weight is 1030 g/mol. The summed E-state index contributed by atoms with van der Waals surface area (Å²) in [5.41, 5.74) is 25.2. The largest absolute Gasteiger partial charge is 0.456 e. The molecule has 0 amide bonds. The third kappa shape index (κ3) is 5.95. The van der Waals surface area contributed by atoms with Gasteiger partial charge in [0.05, 0.1) is 39.1 Å². The van der Waals surface area contributed by atoms with Crippen LogP contribution in [0.3, 0.4) is 0 Å². The van der Waals surface area contributed by atoms with Gasteiger partial charge in [-0.1, -0.05) is 131 Å². The van der Waals surface area contributed by atoms with Crippen LogP contribution in [0.5, 0.6) is 0 Å². The van der Waals surface area contributed by atoms with Crippen LogP contribution in [-0.4, -0.2) is 9.13 Å². The Bertz CT molecular complexity index is 5280. The molecular weight excluding hydrogens is 977 g/mol. The molecule has 17 rings (SSSR count). The highest BCUT2D eigenvalue weighted by Gasteiger charge is 2.39. The molecule has 0 aliphatic heterocycles. The minimum Gasteiger partial charge on any atom is -0.456 e. The van der Waals surface area contributed by atoms with Gasteiger partial charge in [-0.15, -0.1) is 0 Å². The number of benzene rings is 10. The number of aromatic nitrogens is 2. The number of hydrogen-bond donors (Lipinski definition) is 0. The summed E-state index contributed by atoms with van der Waals surface area (Å²) in [5.74, 6) is 0. The van der Waals surface area contributed by atoms with Crippen molar-refractivity contribution in [3.8, 4) is 56.9 Å². The highest BCUT2D eigenvalue weighted by atomic mass is 16.3. The zero-order chi connectivity index (χ0) is 53.5. The van der Waals surface area contributed by atoms with Crippen LogP contribution >= 0.6 is 0 Å². The molecule has 6 nitrogen and oxygen atoms in total. The number of fused-ring (bicyclic) bond motifs is 18. The van der Waals surface area contributed by atoms with E-state index in [-0.39, 0.29) is 10.8 Å². The van der Waals surface area contributed by atoms with Gasteiger partial charge < -0.3 is 18.0 Å². The molecule has 4 heterocycles. The van der Waals surface area contributed by atoms with Crippen LogP contribution in [-0.2, 0) is 17.3 Å². The smallest absolute Gasteiger partial charge is 0.135 e. The van der Waals surface area contributed by atoms with Crippen LogP contribution in [0.4, 0.5) is 0 Å². The molecule has 0 saturated heterocycles. The van der Waals surface area contributed by atoms with Gasteiger partial charge in [0.15, 0.2) is 0 Å². The Balaban J connectivity index is 0.895. The summed E-state index contributed by atoms with van der Waals surface area (Å²) < 4.78 is 17.1. The van der Waals surface area contributed by atoms with E-state index in [9.17, 15) is 10.5 Å². The molecule has 4 aromatic heterocycles. The number of allylic oxidation sites excluding steroid dienone is 1. The molecule has 6 heteroatoms. The molecule has 0 fully saturated rings. The molecule has 14 aromatic rings. The molecule has 0 N–H and O–H groups in total. The average Bonchev–Trinajstić information content (AvgIpc) is 4.35. The van der Waals surface area contributed by atoms with E-state index in [0.717, 1.165) is 112 Å². The van der Waals surface area contributed by atoms with Gasteiger partial charge in [-0.25, -0.2) is 0 Å². The maximum atomic E-state index is 11.6. The van der Waals surface area contributed by atoms with Crippen LogP contribution in [0.15, 0.2) is 197 Å².